The maximum absolute atomic E-state index is 12.3. The second-order valence-corrected chi connectivity index (χ2v) is 6.16. The van der Waals surface area contributed by atoms with Crippen LogP contribution in [0, 0.1) is 0 Å². The average Bonchev–Trinajstić information content (AvgIpc) is 2.71. The minimum Gasteiger partial charge on any atom is -0.497 e. The molecule has 0 aliphatic carbocycles. The molecule has 7 nitrogen and oxygen atoms in total. The Morgan fingerprint density at radius 1 is 1.07 bits per heavy atom. The number of benzene rings is 2. The van der Waals surface area contributed by atoms with E-state index < -0.39 is 5.97 Å². The maximum Gasteiger partial charge on any atom is 0.339 e. The molecular weight excluding hydrogens is 360 g/mol. The van der Waals surface area contributed by atoms with Gasteiger partial charge in [0.05, 0.1) is 25.5 Å². The van der Waals surface area contributed by atoms with Crippen molar-refractivity contribution in [2.24, 2.45) is 0 Å². The van der Waals surface area contributed by atoms with Crippen LogP contribution >= 0.6 is 0 Å². The molecular formula is C21H20N2O5. The van der Waals surface area contributed by atoms with Gasteiger partial charge >= 0.3 is 5.97 Å². The number of aromatic nitrogens is 1. The number of hydrogen-bond donors (Lipinski definition) is 2. The molecule has 0 unspecified atom stereocenters. The number of aryl methyl sites for hydroxylation is 1. The largest absolute Gasteiger partial charge is 0.497 e. The molecule has 1 heterocycles. The smallest absolute Gasteiger partial charge is 0.339 e. The first-order valence-electron chi connectivity index (χ1n) is 8.69. The summed E-state index contributed by atoms with van der Waals surface area (Å²) in [5.74, 6) is -0.153. The van der Waals surface area contributed by atoms with E-state index in [0.717, 1.165) is 5.39 Å². The highest BCUT2D eigenvalue weighted by molar-refractivity contribution is 6.01. The number of nitrogens with one attached hydrogen (secondary N) is 2. The summed E-state index contributed by atoms with van der Waals surface area (Å²) in [6.07, 6.45) is 0.350. The van der Waals surface area contributed by atoms with E-state index in [9.17, 15) is 14.4 Å². The number of methoxy groups -OCH3 is 2. The van der Waals surface area contributed by atoms with Crippen molar-refractivity contribution in [2.45, 2.75) is 12.8 Å². The van der Waals surface area contributed by atoms with Crippen molar-refractivity contribution in [2.75, 3.05) is 19.5 Å². The van der Waals surface area contributed by atoms with Crippen molar-refractivity contribution in [1.82, 2.24) is 4.98 Å². The van der Waals surface area contributed by atoms with Gasteiger partial charge in [-0.25, -0.2) is 4.79 Å². The van der Waals surface area contributed by atoms with Crippen LogP contribution in [-0.2, 0) is 16.0 Å². The van der Waals surface area contributed by atoms with Gasteiger partial charge in [0.1, 0.15) is 5.75 Å². The molecule has 2 N–H and O–H groups in total. The normalized spacial score (nSPS) is 10.5. The highest BCUT2D eigenvalue weighted by Gasteiger charge is 2.14. The van der Waals surface area contributed by atoms with Crippen LogP contribution in [-0.4, -0.2) is 31.1 Å². The van der Waals surface area contributed by atoms with Gasteiger partial charge in [0.2, 0.25) is 5.91 Å². The maximum atomic E-state index is 12.3. The number of rotatable bonds is 6. The molecule has 0 saturated heterocycles. The number of aromatic amines is 1. The van der Waals surface area contributed by atoms with Crippen molar-refractivity contribution in [3.8, 4) is 5.75 Å². The zero-order chi connectivity index (χ0) is 20.1. The van der Waals surface area contributed by atoms with Gasteiger partial charge in [-0.05, 0) is 42.8 Å². The Morgan fingerprint density at radius 3 is 2.61 bits per heavy atom. The summed E-state index contributed by atoms with van der Waals surface area (Å²) in [5, 5.41) is 3.52. The molecule has 0 bridgehead atoms. The number of amides is 1. The zero-order valence-electron chi connectivity index (χ0n) is 15.6. The molecule has 0 saturated carbocycles. The second kappa shape index (κ2) is 8.39. The Labute approximate surface area is 161 Å². The number of ether oxygens (including phenoxy) is 2. The quantitative estimate of drug-likeness (QED) is 0.641. The van der Waals surface area contributed by atoms with Crippen LogP contribution in [0.15, 0.2) is 53.3 Å². The number of esters is 1. The van der Waals surface area contributed by atoms with E-state index in [2.05, 4.69) is 10.3 Å². The Bertz CT molecular complexity index is 1090. The van der Waals surface area contributed by atoms with Crippen LogP contribution in [0.5, 0.6) is 5.75 Å². The van der Waals surface area contributed by atoms with Crippen molar-refractivity contribution in [1.29, 1.82) is 0 Å². The van der Waals surface area contributed by atoms with Crippen LogP contribution in [0.3, 0.4) is 0 Å². The van der Waals surface area contributed by atoms with Crippen molar-refractivity contribution in [3.63, 3.8) is 0 Å². The molecule has 1 amide bonds. The van der Waals surface area contributed by atoms with Crippen LogP contribution in [0.25, 0.3) is 10.9 Å². The lowest BCUT2D eigenvalue weighted by Gasteiger charge is -2.10. The van der Waals surface area contributed by atoms with Crippen LogP contribution < -0.4 is 15.6 Å². The number of anilines is 1. The minimum atomic E-state index is -0.532. The van der Waals surface area contributed by atoms with Gasteiger partial charge in [0, 0.05) is 22.9 Å². The summed E-state index contributed by atoms with van der Waals surface area (Å²) in [6.45, 7) is 0. The molecule has 7 heteroatoms. The summed E-state index contributed by atoms with van der Waals surface area (Å²) >= 11 is 0. The van der Waals surface area contributed by atoms with Crippen LogP contribution in [0.1, 0.15) is 22.3 Å². The molecule has 0 aliphatic heterocycles. The molecule has 3 aromatic rings. The molecule has 2 aromatic carbocycles. The number of hydrogen-bond acceptors (Lipinski definition) is 5. The van der Waals surface area contributed by atoms with E-state index in [1.54, 1.807) is 49.6 Å². The molecule has 0 radical (unpaired) electrons. The van der Waals surface area contributed by atoms with Gasteiger partial charge < -0.3 is 19.8 Å². The SMILES string of the molecule is COC(=O)c1ccccc1NC(=O)CCc1cc2cc(OC)ccc2[nH]c1=O. The van der Waals surface area contributed by atoms with Gasteiger partial charge in [-0.3, -0.25) is 9.59 Å². The number of carbonyl (C=O) groups is 2. The van der Waals surface area contributed by atoms with E-state index in [4.69, 9.17) is 9.47 Å². The fourth-order valence-corrected chi connectivity index (χ4v) is 2.88. The summed E-state index contributed by atoms with van der Waals surface area (Å²) in [4.78, 5) is 39.2. The molecule has 0 fully saturated rings. The van der Waals surface area contributed by atoms with Crippen LogP contribution in [0.4, 0.5) is 5.69 Å². The first kappa shape index (κ1) is 19.2. The Kier molecular flexibility index (Phi) is 5.74. The van der Waals surface area contributed by atoms with E-state index >= 15 is 0 Å². The second-order valence-electron chi connectivity index (χ2n) is 6.16. The zero-order valence-corrected chi connectivity index (χ0v) is 15.6. The molecule has 3 rings (SSSR count). The highest BCUT2D eigenvalue weighted by Crippen LogP contribution is 2.20. The molecule has 0 aliphatic rings. The lowest BCUT2D eigenvalue weighted by Crippen LogP contribution is -2.18. The number of H-pyrrole nitrogens is 1. The number of para-hydroxylation sites is 1. The topological polar surface area (TPSA) is 97.5 Å². The average molecular weight is 380 g/mol. The molecule has 0 atom stereocenters. The monoisotopic (exact) mass is 380 g/mol. The van der Waals surface area contributed by atoms with Gasteiger partial charge in [-0.15, -0.1) is 0 Å². The molecule has 28 heavy (non-hydrogen) atoms. The lowest BCUT2D eigenvalue weighted by molar-refractivity contribution is -0.116. The first-order chi connectivity index (χ1) is 13.5. The summed E-state index contributed by atoms with van der Waals surface area (Å²) < 4.78 is 9.92. The number of pyridine rings is 1. The van der Waals surface area contributed by atoms with E-state index in [1.165, 1.54) is 7.11 Å². The lowest BCUT2D eigenvalue weighted by atomic mass is 10.1. The predicted molar refractivity (Wildman–Crippen MR) is 106 cm³/mol. The van der Waals surface area contributed by atoms with Crippen molar-refractivity contribution in [3.05, 3.63) is 70.0 Å². The first-order valence-corrected chi connectivity index (χ1v) is 8.69. The van der Waals surface area contributed by atoms with E-state index in [1.807, 2.05) is 6.07 Å². The number of carbonyl (C=O) groups excluding carboxylic acids is 2. The summed E-state index contributed by atoms with van der Waals surface area (Å²) in [5.41, 5.74) is 1.61. The third-order valence-corrected chi connectivity index (χ3v) is 4.36. The summed E-state index contributed by atoms with van der Waals surface area (Å²) in [7, 11) is 2.85. The van der Waals surface area contributed by atoms with E-state index in [0.29, 0.717) is 22.5 Å². The third-order valence-electron chi connectivity index (χ3n) is 4.36. The van der Waals surface area contributed by atoms with Crippen LogP contribution in [0.2, 0.25) is 0 Å². The fraction of sp³-hybridized carbons (Fsp3) is 0.190. The minimum absolute atomic E-state index is 0.0913. The molecule has 144 valence electrons. The van der Waals surface area contributed by atoms with E-state index in [-0.39, 0.29) is 29.9 Å². The standard InChI is InChI=1S/C21H20N2O5/c1-27-15-8-9-17-14(12-15)11-13(20(25)23-17)7-10-19(24)22-18-6-4-3-5-16(18)21(26)28-2/h3-6,8-9,11-12H,7,10H2,1-2H3,(H,22,24)(H,23,25). The number of fused-ring (bicyclic) bond motifs is 1. The van der Waals surface area contributed by atoms with Gasteiger partial charge in [-0.2, -0.15) is 0 Å². The highest BCUT2D eigenvalue weighted by atomic mass is 16.5. The Morgan fingerprint density at radius 2 is 1.86 bits per heavy atom. The Balaban J connectivity index is 1.74. The Hall–Kier alpha value is -3.61. The summed E-state index contributed by atoms with van der Waals surface area (Å²) in [6, 6.07) is 13.7. The third kappa shape index (κ3) is 4.20. The van der Waals surface area contributed by atoms with Gasteiger partial charge in [-0.1, -0.05) is 12.1 Å². The molecule has 1 aromatic heterocycles. The predicted octanol–water partition coefficient (Wildman–Crippen LogP) is 2.89. The van der Waals surface area contributed by atoms with Crippen molar-refractivity contribution < 1.29 is 19.1 Å². The van der Waals surface area contributed by atoms with Gasteiger partial charge in [0.15, 0.2) is 0 Å². The molecule has 0 spiro atoms. The fourth-order valence-electron chi connectivity index (χ4n) is 2.88. The van der Waals surface area contributed by atoms with Crippen molar-refractivity contribution >= 4 is 28.5 Å². The van der Waals surface area contributed by atoms with Gasteiger partial charge in [0.25, 0.3) is 5.56 Å².